The Morgan fingerprint density at radius 3 is 2.74 bits per heavy atom. The third-order valence-electron chi connectivity index (χ3n) is 3.09. The first-order chi connectivity index (χ1) is 9.13. The molecule has 3 nitrogen and oxygen atoms in total. The van der Waals surface area contributed by atoms with Gasteiger partial charge in [0.25, 0.3) is 0 Å². The highest BCUT2D eigenvalue weighted by molar-refractivity contribution is 7.07. The largest absolute Gasteiger partial charge is 0.496 e. The van der Waals surface area contributed by atoms with E-state index in [0.717, 1.165) is 23.5 Å². The van der Waals surface area contributed by atoms with E-state index in [9.17, 15) is 5.11 Å². The van der Waals surface area contributed by atoms with Crippen LogP contribution in [0.5, 0.6) is 5.75 Å². The molecule has 1 heterocycles. The molecule has 0 aliphatic heterocycles. The summed E-state index contributed by atoms with van der Waals surface area (Å²) in [6.07, 6.45) is -0.559. The van der Waals surface area contributed by atoms with Crippen LogP contribution in [0.3, 0.4) is 0 Å². The first-order valence-corrected chi connectivity index (χ1v) is 7.15. The quantitative estimate of drug-likeness (QED) is 0.908. The molecule has 0 spiro atoms. The molecule has 0 fully saturated rings. The van der Waals surface area contributed by atoms with Gasteiger partial charge in [-0.15, -0.1) is 0 Å². The normalized spacial score (nSPS) is 12.2. The van der Waals surface area contributed by atoms with Gasteiger partial charge in [0, 0.05) is 24.8 Å². The second-order valence-corrected chi connectivity index (χ2v) is 5.34. The van der Waals surface area contributed by atoms with E-state index in [1.54, 1.807) is 25.4 Å². The molecule has 1 aromatic carbocycles. The Kier molecular flexibility index (Phi) is 4.45. The number of benzene rings is 1. The summed E-state index contributed by atoms with van der Waals surface area (Å²) >= 11 is 1.69. The summed E-state index contributed by atoms with van der Waals surface area (Å²) in [7, 11) is 3.65. The molecule has 0 saturated carbocycles. The molecule has 0 bridgehead atoms. The van der Waals surface area contributed by atoms with Crippen molar-refractivity contribution >= 4 is 17.0 Å². The maximum absolute atomic E-state index is 9.99. The zero-order chi connectivity index (χ0) is 13.8. The monoisotopic (exact) mass is 277 g/mol. The molecule has 0 saturated heterocycles. The van der Waals surface area contributed by atoms with Crippen LogP contribution >= 0.6 is 11.3 Å². The molecule has 0 aliphatic rings. The Bertz CT molecular complexity index is 523. The van der Waals surface area contributed by atoms with Gasteiger partial charge < -0.3 is 14.7 Å². The molecule has 2 rings (SSSR count). The van der Waals surface area contributed by atoms with Crippen molar-refractivity contribution in [2.45, 2.75) is 19.6 Å². The summed E-state index contributed by atoms with van der Waals surface area (Å²) in [5, 5.41) is 14.2. The average molecular weight is 277 g/mol. The van der Waals surface area contributed by atoms with Gasteiger partial charge in [-0.2, -0.15) is 11.3 Å². The van der Waals surface area contributed by atoms with E-state index < -0.39 is 6.10 Å². The van der Waals surface area contributed by atoms with E-state index in [4.69, 9.17) is 4.74 Å². The van der Waals surface area contributed by atoms with Crippen molar-refractivity contribution in [2.24, 2.45) is 0 Å². The van der Waals surface area contributed by atoms with Crippen molar-refractivity contribution in [3.05, 3.63) is 46.2 Å². The van der Waals surface area contributed by atoms with Crippen LogP contribution in [0.2, 0.25) is 0 Å². The Labute approximate surface area is 118 Å². The topological polar surface area (TPSA) is 32.7 Å². The number of methoxy groups -OCH3 is 1. The van der Waals surface area contributed by atoms with E-state index in [2.05, 4.69) is 21.7 Å². The molecule has 1 N–H and O–H groups in total. The number of hydrogen-bond acceptors (Lipinski definition) is 4. The lowest BCUT2D eigenvalue weighted by atomic mass is 10.1. The molecule has 1 atom stereocenters. The predicted molar refractivity (Wildman–Crippen MR) is 80.1 cm³/mol. The van der Waals surface area contributed by atoms with Gasteiger partial charge in [-0.25, -0.2) is 0 Å². The Hall–Kier alpha value is -1.52. The van der Waals surface area contributed by atoms with E-state index in [-0.39, 0.29) is 0 Å². The molecule has 2 aromatic rings. The highest BCUT2D eigenvalue weighted by Crippen LogP contribution is 2.34. The highest BCUT2D eigenvalue weighted by Gasteiger charge is 2.16. The van der Waals surface area contributed by atoms with Crippen LogP contribution < -0.4 is 9.64 Å². The molecular formula is C15H19NO2S. The fraction of sp³-hybridized carbons (Fsp3) is 0.333. The number of anilines is 1. The van der Waals surface area contributed by atoms with Gasteiger partial charge in [-0.1, -0.05) is 6.07 Å². The van der Waals surface area contributed by atoms with Gasteiger partial charge >= 0.3 is 0 Å². The van der Waals surface area contributed by atoms with Gasteiger partial charge in [0.05, 0.1) is 13.2 Å². The van der Waals surface area contributed by atoms with E-state index in [0.29, 0.717) is 0 Å². The van der Waals surface area contributed by atoms with Crippen LogP contribution in [0.1, 0.15) is 24.2 Å². The van der Waals surface area contributed by atoms with Crippen molar-refractivity contribution in [3.63, 3.8) is 0 Å². The summed E-state index contributed by atoms with van der Waals surface area (Å²) in [5.74, 6) is 0.727. The minimum atomic E-state index is -0.559. The SMILES string of the molecule is COc1cccc(N(C)Cc2ccsc2)c1[C@H](C)O. The lowest BCUT2D eigenvalue weighted by molar-refractivity contribution is 0.194. The van der Waals surface area contributed by atoms with Gasteiger partial charge in [0.2, 0.25) is 0 Å². The Morgan fingerprint density at radius 1 is 1.37 bits per heavy atom. The fourth-order valence-electron chi connectivity index (χ4n) is 2.20. The Balaban J connectivity index is 2.32. The second kappa shape index (κ2) is 6.08. The summed E-state index contributed by atoms with van der Waals surface area (Å²) < 4.78 is 5.35. The molecular weight excluding hydrogens is 258 g/mol. The molecule has 102 valence electrons. The van der Waals surface area contributed by atoms with Crippen LogP contribution in [-0.2, 0) is 6.54 Å². The number of rotatable bonds is 5. The van der Waals surface area contributed by atoms with Crippen molar-refractivity contribution in [3.8, 4) is 5.75 Å². The fourth-order valence-corrected chi connectivity index (χ4v) is 2.86. The van der Waals surface area contributed by atoms with Crippen molar-refractivity contribution in [1.82, 2.24) is 0 Å². The van der Waals surface area contributed by atoms with Gasteiger partial charge in [-0.3, -0.25) is 0 Å². The summed E-state index contributed by atoms with van der Waals surface area (Å²) in [5.41, 5.74) is 3.11. The maximum Gasteiger partial charge on any atom is 0.126 e. The smallest absolute Gasteiger partial charge is 0.126 e. The van der Waals surface area contributed by atoms with Crippen LogP contribution in [0, 0.1) is 0 Å². The molecule has 1 aromatic heterocycles. The molecule has 0 amide bonds. The summed E-state index contributed by atoms with van der Waals surface area (Å²) in [6, 6.07) is 7.95. The minimum Gasteiger partial charge on any atom is -0.496 e. The molecule has 19 heavy (non-hydrogen) atoms. The summed E-state index contributed by atoms with van der Waals surface area (Å²) in [4.78, 5) is 2.13. The lowest BCUT2D eigenvalue weighted by Crippen LogP contribution is -2.18. The van der Waals surface area contributed by atoms with E-state index >= 15 is 0 Å². The van der Waals surface area contributed by atoms with Gasteiger partial charge in [0.15, 0.2) is 0 Å². The van der Waals surface area contributed by atoms with Crippen molar-refractivity contribution in [2.75, 3.05) is 19.1 Å². The zero-order valence-electron chi connectivity index (χ0n) is 11.5. The molecule has 0 aliphatic carbocycles. The first kappa shape index (κ1) is 13.9. The average Bonchev–Trinajstić information content (AvgIpc) is 2.90. The maximum atomic E-state index is 9.99. The molecule has 4 heteroatoms. The molecule has 0 unspecified atom stereocenters. The van der Waals surface area contributed by atoms with Crippen LogP contribution in [0.4, 0.5) is 5.69 Å². The Morgan fingerprint density at radius 2 is 2.16 bits per heavy atom. The summed E-state index contributed by atoms with van der Waals surface area (Å²) in [6.45, 7) is 2.58. The van der Waals surface area contributed by atoms with Crippen LogP contribution in [-0.4, -0.2) is 19.3 Å². The van der Waals surface area contributed by atoms with Crippen LogP contribution in [0.25, 0.3) is 0 Å². The lowest BCUT2D eigenvalue weighted by Gasteiger charge is -2.24. The molecule has 0 radical (unpaired) electrons. The van der Waals surface area contributed by atoms with Crippen molar-refractivity contribution in [1.29, 1.82) is 0 Å². The third-order valence-corrected chi connectivity index (χ3v) is 3.82. The van der Waals surface area contributed by atoms with Crippen LogP contribution in [0.15, 0.2) is 35.0 Å². The van der Waals surface area contributed by atoms with E-state index in [1.807, 2.05) is 25.2 Å². The number of aliphatic hydroxyl groups excluding tert-OH is 1. The minimum absolute atomic E-state index is 0.559. The number of thiophene rings is 1. The van der Waals surface area contributed by atoms with E-state index in [1.165, 1.54) is 5.56 Å². The predicted octanol–water partition coefficient (Wildman–Crippen LogP) is 3.45. The number of ether oxygens (including phenoxy) is 1. The van der Waals surface area contributed by atoms with Crippen molar-refractivity contribution < 1.29 is 9.84 Å². The zero-order valence-corrected chi connectivity index (χ0v) is 12.3. The highest BCUT2D eigenvalue weighted by atomic mass is 32.1. The van der Waals surface area contributed by atoms with Gasteiger partial charge in [-0.05, 0) is 41.4 Å². The second-order valence-electron chi connectivity index (χ2n) is 4.56. The number of hydrogen-bond donors (Lipinski definition) is 1. The first-order valence-electron chi connectivity index (χ1n) is 6.20. The standard InChI is InChI=1S/C15H19NO2S/c1-11(17)15-13(5-4-6-14(15)18-3)16(2)9-12-7-8-19-10-12/h4-8,10-11,17H,9H2,1-3H3/t11-/m0/s1. The van der Waals surface area contributed by atoms with Gasteiger partial charge in [0.1, 0.15) is 5.75 Å². The number of aliphatic hydroxyl groups is 1. The number of nitrogens with zero attached hydrogens (tertiary/aromatic N) is 1. The third kappa shape index (κ3) is 3.08.